The normalized spacial score (nSPS) is 11.4. The fourth-order valence-corrected chi connectivity index (χ4v) is 3.63. The Labute approximate surface area is 200 Å². The Kier molecular flexibility index (Phi) is 12.6. The van der Waals surface area contributed by atoms with Gasteiger partial charge in [-0.2, -0.15) is 0 Å². The van der Waals surface area contributed by atoms with Crippen LogP contribution in [0.2, 0.25) is 5.02 Å². The highest BCUT2D eigenvalue weighted by Gasteiger charge is 2.12. The molecule has 0 bridgehead atoms. The molecule has 1 aromatic carbocycles. The minimum atomic E-state index is 0. The van der Waals surface area contributed by atoms with Crippen LogP contribution in [-0.2, 0) is 19.4 Å². The van der Waals surface area contributed by atoms with Gasteiger partial charge in [0, 0.05) is 38.1 Å². The van der Waals surface area contributed by atoms with Gasteiger partial charge in [-0.15, -0.1) is 34.2 Å². The van der Waals surface area contributed by atoms with Gasteiger partial charge in [0.2, 0.25) is 0 Å². The smallest absolute Gasteiger partial charge is 0.190 e. The fourth-order valence-electron chi connectivity index (χ4n) is 2.90. The number of nitrogens with one attached hydrogen (secondary N) is 2. The molecule has 0 atom stereocenters. The zero-order chi connectivity index (χ0) is 20.4. The molecule has 0 spiro atoms. The van der Waals surface area contributed by atoms with Gasteiger partial charge in [0.1, 0.15) is 5.82 Å². The standard InChI is InChI=1S/C20H31ClN6S.HI/c1-15(2)14-27-18(25-26-20(27)28-4)9-6-11-23-19(22-3)24-12-10-16-7-5-8-17(21)13-16;/h5,7-8,13,15H,6,9-12,14H2,1-4H3,(H2,22,23,24);1H. The second kappa shape index (κ2) is 14.1. The molecule has 6 nitrogen and oxygen atoms in total. The number of hydrogen-bond donors (Lipinski definition) is 2. The Bertz CT molecular complexity index is 765. The molecule has 2 rings (SSSR count). The van der Waals surface area contributed by atoms with Crippen LogP contribution in [0.3, 0.4) is 0 Å². The predicted molar refractivity (Wildman–Crippen MR) is 135 cm³/mol. The first-order valence-electron chi connectivity index (χ1n) is 9.68. The molecule has 9 heteroatoms. The zero-order valence-electron chi connectivity index (χ0n) is 17.6. The van der Waals surface area contributed by atoms with Crippen molar-refractivity contribution in [1.82, 2.24) is 25.4 Å². The van der Waals surface area contributed by atoms with Gasteiger partial charge in [-0.1, -0.05) is 49.3 Å². The summed E-state index contributed by atoms with van der Waals surface area (Å²) in [7, 11) is 1.79. The summed E-state index contributed by atoms with van der Waals surface area (Å²) in [5.74, 6) is 2.44. The first-order valence-corrected chi connectivity index (χ1v) is 11.3. The van der Waals surface area contributed by atoms with E-state index >= 15 is 0 Å². The lowest BCUT2D eigenvalue weighted by molar-refractivity contribution is 0.477. The second-order valence-electron chi connectivity index (χ2n) is 7.02. The lowest BCUT2D eigenvalue weighted by Crippen LogP contribution is -2.38. The molecule has 29 heavy (non-hydrogen) atoms. The summed E-state index contributed by atoms with van der Waals surface area (Å²) in [6.07, 6.45) is 4.81. The van der Waals surface area contributed by atoms with Crippen LogP contribution < -0.4 is 10.6 Å². The monoisotopic (exact) mass is 550 g/mol. The number of hydrogen-bond acceptors (Lipinski definition) is 4. The zero-order valence-corrected chi connectivity index (χ0v) is 21.5. The Hall–Kier alpha value is -1.000. The summed E-state index contributed by atoms with van der Waals surface area (Å²) in [5, 5.41) is 17.2. The number of aromatic nitrogens is 3. The molecule has 162 valence electrons. The maximum absolute atomic E-state index is 6.03. The summed E-state index contributed by atoms with van der Waals surface area (Å²) >= 11 is 7.68. The first kappa shape index (κ1) is 26.0. The van der Waals surface area contributed by atoms with Crippen molar-refractivity contribution in [3.8, 4) is 0 Å². The van der Waals surface area contributed by atoms with E-state index in [1.807, 2.05) is 24.5 Å². The Balaban J connectivity index is 0.00000420. The molecule has 2 aromatic rings. The minimum absolute atomic E-state index is 0. The molecule has 0 saturated heterocycles. The minimum Gasteiger partial charge on any atom is -0.356 e. The van der Waals surface area contributed by atoms with Gasteiger partial charge in [-0.05, 0) is 42.7 Å². The Morgan fingerprint density at radius 2 is 1.97 bits per heavy atom. The average molecular weight is 551 g/mol. The highest BCUT2D eigenvalue weighted by molar-refractivity contribution is 14.0. The van der Waals surface area contributed by atoms with Crippen molar-refractivity contribution in [3.63, 3.8) is 0 Å². The van der Waals surface area contributed by atoms with E-state index in [2.05, 4.69) is 50.3 Å². The molecule has 0 aliphatic carbocycles. The molecule has 0 unspecified atom stereocenters. The van der Waals surface area contributed by atoms with E-state index < -0.39 is 0 Å². The molecule has 0 amide bonds. The van der Waals surface area contributed by atoms with Crippen LogP contribution in [0.1, 0.15) is 31.7 Å². The van der Waals surface area contributed by atoms with Gasteiger partial charge in [-0.25, -0.2) is 0 Å². The van der Waals surface area contributed by atoms with Gasteiger partial charge < -0.3 is 15.2 Å². The van der Waals surface area contributed by atoms with Crippen LogP contribution in [0.25, 0.3) is 0 Å². The molecular weight excluding hydrogens is 519 g/mol. The second-order valence-corrected chi connectivity index (χ2v) is 8.23. The molecular formula is C20H32ClIN6S. The summed E-state index contributed by atoms with van der Waals surface area (Å²) in [6, 6.07) is 7.95. The molecule has 1 heterocycles. The van der Waals surface area contributed by atoms with Crippen molar-refractivity contribution < 1.29 is 0 Å². The van der Waals surface area contributed by atoms with E-state index in [9.17, 15) is 0 Å². The maximum atomic E-state index is 6.03. The van der Waals surface area contributed by atoms with Gasteiger partial charge >= 0.3 is 0 Å². The van der Waals surface area contributed by atoms with E-state index in [1.54, 1.807) is 18.8 Å². The highest BCUT2D eigenvalue weighted by Crippen LogP contribution is 2.16. The van der Waals surface area contributed by atoms with Crippen molar-refractivity contribution in [2.24, 2.45) is 10.9 Å². The number of guanidine groups is 1. The topological polar surface area (TPSA) is 67.1 Å². The summed E-state index contributed by atoms with van der Waals surface area (Å²) in [5.41, 5.74) is 1.21. The maximum Gasteiger partial charge on any atom is 0.190 e. The Morgan fingerprint density at radius 3 is 2.62 bits per heavy atom. The summed E-state index contributed by atoms with van der Waals surface area (Å²) < 4.78 is 2.24. The van der Waals surface area contributed by atoms with Crippen molar-refractivity contribution in [1.29, 1.82) is 0 Å². The van der Waals surface area contributed by atoms with Crippen LogP contribution in [0.4, 0.5) is 0 Å². The highest BCUT2D eigenvalue weighted by atomic mass is 127. The van der Waals surface area contributed by atoms with Gasteiger partial charge in [0.15, 0.2) is 11.1 Å². The van der Waals surface area contributed by atoms with Crippen LogP contribution in [-0.4, -0.2) is 47.1 Å². The largest absolute Gasteiger partial charge is 0.356 e. The molecule has 0 aliphatic rings. The van der Waals surface area contributed by atoms with Crippen molar-refractivity contribution in [3.05, 3.63) is 40.7 Å². The predicted octanol–water partition coefficient (Wildman–Crippen LogP) is 4.27. The van der Waals surface area contributed by atoms with E-state index in [4.69, 9.17) is 11.6 Å². The van der Waals surface area contributed by atoms with Crippen LogP contribution in [0, 0.1) is 5.92 Å². The van der Waals surface area contributed by atoms with Crippen LogP contribution >= 0.6 is 47.3 Å². The lowest BCUT2D eigenvalue weighted by atomic mass is 10.1. The number of halogens is 2. The third kappa shape index (κ3) is 9.13. The number of thioether (sulfide) groups is 1. The number of benzene rings is 1. The van der Waals surface area contributed by atoms with Crippen LogP contribution in [0.15, 0.2) is 34.4 Å². The quantitative estimate of drug-likeness (QED) is 0.152. The molecule has 0 fully saturated rings. The fraction of sp³-hybridized carbons (Fsp3) is 0.550. The number of aryl methyl sites for hydroxylation is 1. The van der Waals surface area contributed by atoms with Crippen molar-refractivity contribution in [2.45, 2.75) is 44.8 Å². The van der Waals surface area contributed by atoms with Crippen molar-refractivity contribution >= 4 is 53.3 Å². The number of nitrogens with zero attached hydrogens (tertiary/aromatic N) is 4. The third-order valence-electron chi connectivity index (χ3n) is 4.21. The average Bonchev–Trinajstić information content (AvgIpc) is 3.04. The molecule has 1 aromatic heterocycles. The van der Waals surface area contributed by atoms with Gasteiger partial charge in [-0.3, -0.25) is 4.99 Å². The molecule has 2 N–H and O–H groups in total. The van der Waals surface area contributed by atoms with Crippen molar-refractivity contribution in [2.75, 3.05) is 26.4 Å². The first-order chi connectivity index (χ1) is 13.5. The molecule has 0 saturated carbocycles. The van der Waals surface area contributed by atoms with E-state index in [1.165, 1.54) is 5.56 Å². The molecule has 0 radical (unpaired) electrons. The summed E-state index contributed by atoms with van der Waals surface area (Å²) in [6.45, 7) is 7.03. The summed E-state index contributed by atoms with van der Waals surface area (Å²) in [4.78, 5) is 4.29. The van der Waals surface area contributed by atoms with Crippen LogP contribution in [0.5, 0.6) is 0 Å². The Morgan fingerprint density at radius 1 is 1.21 bits per heavy atom. The number of aliphatic imine (C=N–C) groups is 1. The van der Waals surface area contributed by atoms with E-state index in [0.29, 0.717) is 5.92 Å². The third-order valence-corrected chi connectivity index (χ3v) is 5.11. The van der Waals surface area contributed by atoms with E-state index in [0.717, 1.165) is 60.9 Å². The van der Waals surface area contributed by atoms with Gasteiger partial charge in [0.25, 0.3) is 0 Å². The SMILES string of the molecule is CN=C(NCCCc1nnc(SC)n1CC(C)C)NCCc1cccc(Cl)c1.I. The molecule has 0 aliphatic heterocycles. The van der Waals surface area contributed by atoms with Gasteiger partial charge in [0.05, 0.1) is 0 Å². The number of rotatable bonds is 10. The lowest BCUT2D eigenvalue weighted by Gasteiger charge is -2.13. The van der Waals surface area contributed by atoms with E-state index in [-0.39, 0.29) is 24.0 Å².